The molecule has 2 aliphatic rings. The second-order valence-electron chi connectivity index (χ2n) is 5.00. The van der Waals surface area contributed by atoms with Crippen LogP contribution >= 0.6 is 0 Å². The third-order valence-electron chi connectivity index (χ3n) is 3.95. The van der Waals surface area contributed by atoms with Crippen molar-refractivity contribution in [2.75, 3.05) is 26.7 Å². The molecule has 0 amide bonds. The van der Waals surface area contributed by atoms with Crippen molar-refractivity contribution >= 4 is 0 Å². The highest BCUT2D eigenvalue weighted by Gasteiger charge is 2.29. The molecule has 0 aromatic heterocycles. The molecule has 3 unspecified atom stereocenters. The molecule has 3 heteroatoms. The third-order valence-corrected chi connectivity index (χ3v) is 3.95. The van der Waals surface area contributed by atoms with E-state index in [0.29, 0.717) is 12.1 Å². The summed E-state index contributed by atoms with van der Waals surface area (Å²) in [4.78, 5) is 2.66. The number of ether oxygens (including phenoxy) is 1. The molecule has 0 aromatic rings. The van der Waals surface area contributed by atoms with Crippen LogP contribution in [-0.4, -0.2) is 49.8 Å². The zero-order valence-corrected chi connectivity index (χ0v) is 10.0. The van der Waals surface area contributed by atoms with Gasteiger partial charge in [0.1, 0.15) is 0 Å². The Balaban J connectivity index is 1.83. The van der Waals surface area contributed by atoms with Crippen LogP contribution in [0.3, 0.4) is 0 Å². The lowest BCUT2D eigenvalue weighted by atomic mass is 10.2. The highest BCUT2D eigenvalue weighted by atomic mass is 16.5. The molecule has 88 valence electrons. The average molecular weight is 212 g/mol. The van der Waals surface area contributed by atoms with Crippen molar-refractivity contribution in [2.45, 2.75) is 50.8 Å². The van der Waals surface area contributed by atoms with E-state index in [0.717, 1.165) is 12.6 Å². The molecule has 3 atom stereocenters. The maximum Gasteiger partial charge on any atom is 0.0586 e. The molecule has 3 nitrogen and oxygen atoms in total. The van der Waals surface area contributed by atoms with Crippen LogP contribution in [0.15, 0.2) is 0 Å². The predicted octanol–water partition coefficient (Wildman–Crippen LogP) is 1.24. The van der Waals surface area contributed by atoms with Gasteiger partial charge in [0.2, 0.25) is 0 Å². The summed E-state index contributed by atoms with van der Waals surface area (Å²) in [5.41, 5.74) is 0. The van der Waals surface area contributed by atoms with Gasteiger partial charge in [0, 0.05) is 32.3 Å². The first-order valence-corrected chi connectivity index (χ1v) is 6.30. The molecule has 0 radical (unpaired) electrons. The van der Waals surface area contributed by atoms with E-state index in [9.17, 15) is 0 Å². The van der Waals surface area contributed by atoms with Crippen molar-refractivity contribution in [3.8, 4) is 0 Å². The largest absolute Gasteiger partial charge is 0.381 e. The van der Waals surface area contributed by atoms with Crippen molar-refractivity contribution in [2.24, 2.45) is 0 Å². The average Bonchev–Trinajstić information content (AvgIpc) is 2.62. The Labute approximate surface area is 93.2 Å². The fraction of sp³-hybridized carbons (Fsp3) is 1.00. The van der Waals surface area contributed by atoms with E-state index >= 15 is 0 Å². The number of rotatable bonds is 2. The zero-order chi connectivity index (χ0) is 10.7. The van der Waals surface area contributed by atoms with Gasteiger partial charge in [-0.1, -0.05) is 0 Å². The SMILES string of the molecule is COC1CCC(N2CCNC(C)CC2)C1. The summed E-state index contributed by atoms with van der Waals surface area (Å²) in [5, 5.41) is 3.55. The van der Waals surface area contributed by atoms with Gasteiger partial charge in [-0.15, -0.1) is 0 Å². The van der Waals surface area contributed by atoms with E-state index in [4.69, 9.17) is 4.74 Å². The molecule has 1 aliphatic carbocycles. The summed E-state index contributed by atoms with van der Waals surface area (Å²) in [6.07, 6.45) is 5.62. The van der Waals surface area contributed by atoms with Crippen LogP contribution in [0, 0.1) is 0 Å². The van der Waals surface area contributed by atoms with Crippen molar-refractivity contribution in [1.82, 2.24) is 10.2 Å². The minimum absolute atomic E-state index is 0.517. The molecule has 1 N–H and O–H groups in total. The molecule has 1 saturated carbocycles. The van der Waals surface area contributed by atoms with Crippen LogP contribution in [0.4, 0.5) is 0 Å². The van der Waals surface area contributed by atoms with Crippen molar-refractivity contribution in [1.29, 1.82) is 0 Å². The second-order valence-corrected chi connectivity index (χ2v) is 5.00. The second kappa shape index (κ2) is 5.28. The topological polar surface area (TPSA) is 24.5 Å². The van der Waals surface area contributed by atoms with Crippen LogP contribution in [0.25, 0.3) is 0 Å². The highest BCUT2D eigenvalue weighted by Crippen LogP contribution is 2.26. The van der Waals surface area contributed by atoms with E-state index in [1.54, 1.807) is 0 Å². The lowest BCUT2D eigenvalue weighted by Gasteiger charge is -2.27. The molecule has 15 heavy (non-hydrogen) atoms. The van der Waals surface area contributed by atoms with Gasteiger partial charge in [-0.25, -0.2) is 0 Å². The smallest absolute Gasteiger partial charge is 0.0586 e. The van der Waals surface area contributed by atoms with E-state index in [1.807, 2.05) is 7.11 Å². The van der Waals surface area contributed by atoms with E-state index in [-0.39, 0.29) is 0 Å². The van der Waals surface area contributed by atoms with E-state index in [1.165, 1.54) is 38.8 Å². The number of nitrogens with zero attached hydrogens (tertiary/aromatic N) is 1. The number of hydrogen-bond donors (Lipinski definition) is 1. The van der Waals surface area contributed by atoms with Crippen LogP contribution in [-0.2, 0) is 4.74 Å². The first kappa shape index (κ1) is 11.4. The lowest BCUT2D eigenvalue weighted by Crippen LogP contribution is -2.36. The fourth-order valence-electron chi connectivity index (χ4n) is 2.86. The van der Waals surface area contributed by atoms with Gasteiger partial charge >= 0.3 is 0 Å². The molecule has 2 rings (SSSR count). The molecular weight excluding hydrogens is 188 g/mol. The Kier molecular flexibility index (Phi) is 4.00. The Bertz CT molecular complexity index is 198. The molecule has 0 spiro atoms. The Morgan fingerprint density at radius 2 is 2.07 bits per heavy atom. The third kappa shape index (κ3) is 2.92. The quantitative estimate of drug-likeness (QED) is 0.745. The van der Waals surface area contributed by atoms with Gasteiger partial charge in [0.15, 0.2) is 0 Å². The monoisotopic (exact) mass is 212 g/mol. The normalized spacial score (nSPS) is 39.2. The Morgan fingerprint density at radius 1 is 1.20 bits per heavy atom. The van der Waals surface area contributed by atoms with Crippen LogP contribution in [0.2, 0.25) is 0 Å². The minimum Gasteiger partial charge on any atom is -0.381 e. The van der Waals surface area contributed by atoms with Gasteiger partial charge in [-0.2, -0.15) is 0 Å². The Morgan fingerprint density at radius 3 is 2.80 bits per heavy atom. The minimum atomic E-state index is 0.517. The molecule has 1 saturated heterocycles. The first-order chi connectivity index (χ1) is 7.29. The van der Waals surface area contributed by atoms with Gasteiger partial charge in [-0.3, -0.25) is 4.90 Å². The summed E-state index contributed by atoms with van der Waals surface area (Å²) in [7, 11) is 1.85. The summed E-state index contributed by atoms with van der Waals surface area (Å²) in [6, 6.07) is 1.47. The molecule has 0 bridgehead atoms. The van der Waals surface area contributed by atoms with Crippen molar-refractivity contribution in [3.05, 3.63) is 0 Å². The first-order valence-electron chi connectivity index (χ1n) is 6.30. The molecule has 1 heterocycles. The van der Waals surface area contributed by atoms with Crippen LogP contribution < -0.4 is 5.32 Å². The summed E-state index contributed by atoms with van der Waals surface area (Å²) < 4.78 is 5.44. The van der Waals surface area contributed by atoms with Crippen LogP contribution in [0.1, 0.15) is 32.6 Å². The molecular formula is C12H24N2O. The van der Waals surface area contributed by atoms with Gasteiger partial charge in [-0.05, 0) is 39.2 Å². The van der Waals surface area contributed by atoms with Gasteiger partial charge in [0.05, 0.1) is 6.10 Å². The summed E-state index contributed by atoms with van der Waals surface area (Å²) >= 11 is 0. The molecule has 2 fully saturated rings. The van der Waals surface area contributed by atoms with Crippen LogP contribution in [0.5, 0.6) is 0 Å². The maximum absolute atomic E-state index is 5.44. The van der Waals surface area contributed by atoms with E-state index in [2.05, 4.69) is 17.1 Å². The van der Waals surface area contributed by atoms with Gasteiger partial charge < -0.3 is 10.1 Å². The number of methoxy groups -OCH3 is 1. The van der Waals surface area contributed by atoms with E-state index < -0.39 is 0 Å². The number of hydrogen-bond acceptors (Lipinski definition) is 3. The summed E-state index contributed by atoms with van der Waals surface area (Å²) in [6.45, 7) is 5.91. The Hall–Kier alpha value is -0.120. The predicted molar refractivity (Wildman–Crippen MR) is 62.1 cm³/mol. The molecule has 1 aliphatic heterocycles. The lowest BCUT2D eigenvalue weighted by molar-refractivity contribution is 0.0974. The van der Waals surface area contributed by atoms with Crippen molar-refractivity contribution in [3.63, 3.8) is 0 Å². The molecule has 0 aromatic carbocycles. The van der Waals surface area contributed by atoms with Gasteiger partial charge in [0.25, 0.3) is 0 Å². The standard InChI is InChI=1S/C12H24N2O/c1-10-5-7-14(8-6-13-10)11-3-4-12(9-11)15-2/h10-13H,3-9H2,1-2H3. The zero-order valence-electron chi connectivity index (χ0n) is 10.0. The summed E-state index contributed by atoms with van der Waals surface area (Å²) in [5.74, 6) is 0. The fourth-order valence-corrected chi connectivity index (χ4v) is 2.86. The maximum atomic E-state index is 5.44. The highest BCUT2D eigenvalue weighted by molar-refractivity contribution is 4.85. The number of nitrogens with one attached hydrogen (secondary N) is 1. The van der Waals surface area contributed by atoms with Crippen molar-refractivity contribution < 1.29 is 4.74 Å².